The third kappa shape index (κ3) is 2.33. The number of benzene rings is 1. The van der Waals surface area contributed by atoms with Gasteiger partial charge in [-0.3, -0.25) is 0 Å². The quantitative estimate of drug-likeness (QED) is 0.541. The Kier molecular flexibility index (Phi) is 3.42. The van der Waals surface area contributed by atoms with Gasteiger partial charge < -0.3 is 0 Å². The molecule has 23 heavy (non-hydrogen) atoms. The molecule has 0 radical (unpaired) electrons. The van der Waals surface area contributed by atoms with E-state index < -0.39 is 0 Å². The molecule has 0 spiro atoms. The molecule has 0 unspecified atom stereocenters. The molecule has 0 N–H and O–H groups in total. The van der Waals surface area contributed by atoms with Gasteiger partial charge in [-0.25, -0.2) is 13.9 Å². The molecule has 4 rings (SSSR count). The van der Waals surface area contributed by atoms with Crippen LogP contribution in [0.3, 0.4) is 0 Å². The summed E-state index contributed by atoms with van der Waals surface area (Å²) in [6.07, 6.45) is 2.59. The lowest BCUT2D eigenvalue weighted by molar-refractivity contribution is 0.628. The van der Waals surface area contributed by atoms with E-state index in [0.29, 0.717) is 0 Å². The van der Waals surface area contributed by atoms with Crippen molar-refractivity contribution in [1.82, 2.24) is 14.6 Å². The van der Waals surface area contributed by atoms with Crippen LogP contribution in [0.5, 0.6) is 0 Å². The van der Waals surface area contributed by atoms with Crippen molar-refractivity contribution in [1.29, 1.82) is 0 Å². The monoisotopic (exact) mass is 323 g/mol. The van der Waals surface area contributed by atoms with Gasteiger partial charge in [0.25, 0.3) is 0 Å². The molecule has 0 saturated carbocycles. The number of hydrogen-bond donors (Lipinski definition) is 0. The van der Waals surface area contributed by atoms with E-state index in [2.05, 4.69) is 23.4 Å². The number of halogens is 1. The molecule has 5 heteroatoms. The Hall–Kier alpha value is -2.53. The zero-order chi connectivity index (χ0) is 15.8. The Bertz CT molecular complexity index is 956. The maximum Gasteiger partial charge on any atom is 0.163 e. The highest BCUT2D eigenvalue weighted by Gasteiger charge is 2.17. The minimum absolute atomic E-state index is 0.241. The minimum Gasteiger partial charge on any atom is -0.236 e. The van der Waals surface area contributed by atoms with Crippen LogP contribution in [-0.2, 0) is 6.42 Å². The highest BCUT2D eigenvalue weighted by molar-refractivity contribution is 7.08. The third-order valence-corrected chi connectivity index (χ3v) is 4.56. The van der Waals surface area contributed by atoms with Crippen molar-refractivity contribution in [2.75, 3.05) is 0 Å². The SMILES string of the molecule is CCc1nn2c(-c3ccsc3)ccnc2c1-c1ccc(F)cc1. The molecule has 0 saturated heterocycles. The van der Waals surface area contributed by atoms with Crippen LogP contribution in [0.25, 0.3) is 28.0 Å². The maximum absolute atomic E-state index is 13.2. The molecule has 0 bridgehead atoms. The van der Waals surface area contributed by atoms with E-state index in [0.717, 1.165) is 40.1 Å². The summed E-state index contributed by atoms with van der Waals surface area (Å²) in [5.74, 6) is -0.241. The summed E-state index contributed by atoms with van der Waals surface area (Å²) in [6.45, 7) is 2.07. The van der Waals surface area contributed by atoms with Gasteiger partial charge in [0.2, 0.25) is 0 Å². The van der Waals surface area contributed by atoms with Crippen molar-refractivity contribution in [3.63, 3.8) is 0 Å². The molecule has 0 aliphatic rings. The lowest BCUT2D eigenvalue weighted by Gasteiger charge is -2.03. The standard InChI is InChI=1S/C18H14FN3S/c1-2-15-17(12-3-5-14(19)6-4-12)18-20-9-7-16(22(18)21-15)13-8-10-23-11-13/h3-11H,2H2,1H3. The third-order valence-electron chi connectivity index (χ3n) is 3.88. The number of aryl methyl sites for hydroxylation is 1. The Labute approximate surface area is 137 Å². The fourth-order valence-corrected chi connectivity index (χ4v) is 3.43. The molecular formula is C18H14FN3S. The fourth-order valence-electron chi connectivity index (χ4n) is 2.78. The smallest absolute Gasteiger partial charge is 0.163 e. The van der Waals surface area contributed by atoms with E-state index in [1.807, 2.05) is 16.0 Å². The van der Waals surface area contributed by atoms with Gasteiger partial charge in [0.15, 0.2) is 5.65 Å². The number of fused-ring (bicyclic) bond motifs is 1. The van der Waals surface area contributed by atoms with Crippen LogP contribution < -0.4 is 0 Å². The van der Waals surface area contributed by atoms with Crippen molar-refractivity contribution in [3.05, 3.63) is 64.9 Å². The Morgan fingerprint density at radius 1 is 1.09 bits per heavy atom. The second kappa shape index (κ2) is 5.59. The van der Waals surface area contributed by atoms with E-state index in [1.165, 1.54) is 12.1 Å². The predicted octanol–water partition coefficient (Wildman–Crippen LogP) is 4.83. The molecule has 3 nitrogen and oxygen atoms in total. The van der Waals surface area contributed by atoms with Crippen molar-refractivity contribution in [2.45, 2.75) is 13.3 Å². The molecule has 0 amide bonds. The van der Waals surface area contributed by atoms with E-state index in [-0.39, 0.29) is 5.82 Å². The van der Waals surface area contributed by atoms with Crippen LogP contribution in [0.15, 0.2) is 53.4 Å². The van der Waals surface area contributed by atoms with E-state index in [4.69, 9.17) is 5.10 Å². The van der Waals surface area contributed by atoms with E-state index in [9.17, 15) is 4.39 Å². The molecule has 0 aliphatic carbocycles. The number of thiophene rings is 1. The van der Waals surface area contributed by atoms with Crippen LogP contribution in [-0.4, -0.2) is 14.6 Å². The van der Waals surface area contributed by atoms with Gasteiger partial charge in [0.1, 0.15) is 5.82 Å². The van der Waals surface area contributed by atoms with Crippen molar-refractivity contribution >= 4 is 17.0 Å². The predicted molar refractivity (Wildman–Crippen MR) is 91.1 cm³/mol. The maximum atomic E-state index is 13.2. The highest BCUT2D eigenvalue weighted by Crippen LogP contribution is 2.31. The first-order chi connectivity index (χ1) is 11.3. The van der Waals surface area contributed by atoms with Crippen LogP contribution in [0.1, 0.15) is 12.6 Å². The molecule has 0 atom stereocenters. The van der Waals surface area contributed by atoms with Crippen LogP contribution >= 0.6 is 11.3 Å². The first-order valence-corrected chi connectivity index (χ1v) is 8.37. The molecule has 4 aromatic rings. The summed E-state index contributed by atoms with van der Waals surface area (Å²) in [7, 11) is 0. The van der Waals surface area contributed by atoms with Gasteiger partial charge in [-0.1, -0.05) is 19.1 Å². The van der Waals surface area contributed by atoms with Crippen LogP contribution in [0.4, 0.5) is 4.39 Å². The van der Waals surface area contributed by atoms with Gasteiger partial charge >= 0.3 is 0 Å². The van der Waals surface area contributed by atoms with Crippen molar-refractivity contribution < 1.29 is 4.39 Å². The molecule has 0 fully saturated rings. The van der Waals surface area contributed by atoms with Gasteiger partial charge in [-0.05, 0) is 41.6 Å². The zero-order valence-electron chi connectivity index (χ0n) is 12.5. The number of nitrogens with zero attached hydrogens (tertiary/aromatic N) is 3. The first-order valence-electron chi connectivity index (χ1n) is 7.43. The first kappa shape index (κ1) is 14.1. The average molecular weight is 323 g/mol. The molecule has 3 heterocycles. The zero-order valence-corrected chi connectivity index (χ0v) is 13.3. The van der Waals surface area contributed by atoms with Crippen LogP contribution in [0.2, 0.25) is 0 Å². The van der Waals surface area contributed by atoms with Crippen LogP contribution in [0, 0.1) is 5.82 Å². The molecule has 114 valence electrons. The minimum atomic E-state index is -0.241. The van der Waals surface area contributed by atoms with Crippen molar-refractivity contribution in [2.24, 2.45) is 0 Å². The summed E-state index contributed by atoms with van der Waals surface area (Å²) in [6, 6.07) is 10.6. The Morgan fingerprint density at radius 3 is 2.61 bits per heavy atom. The normalized spacial score (nSPS) is 11.2. The largest absolute Gasteiger partial charge is 0.236 e. The Morgan fingerprint density at radius 2 is 1.91 bits per heavy atom. The molecule has 3 aromatic heterocycles. The van der Waals surface area contributed by atoms with E-state index >= 15 is 0 Å². The summed E-state index contributed by atoms with van der Waals surface area (Å²) in [5.41, 5.74) is 5.82. The van der Waals surface area contributed by atoms with Gasteiger partial charge in [-0.15, -0.1) is 0 Å². The van der Waals surface area contributed by atoms with Gasteiger partial charge in [0, 0.05) is 22.7 Å². The second-order valence-electron chi connectivity index (χ2n) is 5.26. The summed E-state index contributed by atoms with van der Waals surface area (Å²) in [5, 5.41) is 8.90. The molecule has 1 aromatic carbocycles. The highest BCUT2D eigenvalue weighted by atomic mass is 32.1. The van der Waals surface area contributed by atoms with Crippen molar-refractivity contribution in [3.8, 4) is 22.4 Å². The van der Waals surface area contributed by atoms with Gasteiger partial charge in [-0.2, -0.15) is 16.4 Å². The van der Waals surface area contributed by atoms with Gasteiger partial charge in [0.05, 0.1) is 11.4 Å². The number of hydrogen-bond acceptors (Lipinski definition) is 3. The second-order valence-corrected chi connectivity index (χ2v) is 6.04. The van der Waals surface area contributed by atoms with E-state index in [1.54, 1.807) is 29.7 Å². The lowest BCUT2D eigenvalue weighted by atomic mass is 10.0. The molecule has 0 aliphatic heterocycles. The topological polar surface area (TPSA) is 30.2 Å². The number of rotatable bonds is 3. The fraction of sp³-hybridized carbons (Fsp3) is 0.111. The molecular weight excluding hydrogens is 309 g/mol. The lowest BCUT2D eigenvalue weighted by Crippen LogP contribution is -1.95. The summed E-state index contributed by atoms with van der Waals surface area (Å²) < 4.78 is 15.1. The Balaban J connectivity index is 2.01. The summed E-state index contributed by atoms with van der Waals surface area (Å²) >= 11 is 1.65. The average Bonchev–Trinajstić information content (AvgIpc) is 3.22. The number of aromatic nitrogens is 3. The summed E-state index contributed by atoms with van der Waals surface area (Å²) in [4.78, 5) is 4.53.